The predicted octanol–water partition coefficient (Wildman–Crippen LogP) is 0.677. The molecule has 2 amide bonds. The number of aliphatic hydroxyl groups excluding tert-OH is 1. The molecule has 7 nitrogen and oxygen atoms in total. The van der Waals surface area contributed by atoms with Gasteiger partial charge in [-0.15, -0.1) is 0 Å². The van der Waals surface area contributed by atoms with Crippen molar-refractivity contribution in [2.24, 2.45) is 0 Å². The fourth-order valence-corrected chi connectivity index (χ4v) is 1.57. The number of urea groups is 1. The van der Waals surface area contributed by atoms with Gasteiger partial charge in [-0.25, -0.2) is 9.59 Å². The van der Waals surface area contributed by atoms with Crippen LogP contribution in [0.1, 0.15) is 6.42 Å². The predicted molar refractivity (Wildman–Crippen MR) is 73.1 cm³/mol. The van der Waals surface area contributed by atoms with E-state index in [0.717, 1.165) is 0 Å². The maximum absolute atomic E-state index is 12.0. The highest BCUT2D eigenvalue weighted by Crippen LogP contribution is 2.19. The van der Waals surface area contributed by atoms with E-state index in [0.29, 0.717) is 11.4 Å². The van der Waals surface area contributed by atoms with Gasteiger partial charge < -0.3 is 20.3 Å². The van der Waals surface area contributed by atoms with Crippen molar-refractivity contribution in [2.45, 2.75) is 12.5 Å². The van der Waals surface area contributed by atoms with Gasteiger partial charge in [0.15, 0.2) is 0 Å². The molecule has 0 bridgehead atoms. The van der Waals surface area contributed by atoms with Crippen LogP contribution in [0.15, 0.2) is 24.3 Å². The van der Waals surface area contributed by atoms with E-state index in [4.69, 9.17) is 14.9 Å². The molecule has 0 aliphatic heterocycles. The van der Waals surface area contributed by atoms with E-state index in [2.05, 4.69) is 5.32 Å². The Morgan fingerprint density at radius 2 is 2.15 bits per heavy atom. The van der Waals surface area contributed by atoms with Gasteiger partial charge in [-0.3, -0.25) is 4.90 Å². The molecule has 3 N–H and O–H groups in total. The second-order valence-electron chi connectivity index (χ2n) is 4.11. The molecular formula is C13H18N2O5. The van der Waals surface area contributed by atoms with Crippen molar-refractivity contribution < 1.29 is 24.5 Å². The molecule has 0 aliphatic carbocycles. The van der Waals surface area contributed by atoms with E-state index >= 15 is 0 Å². The first-order valence-corrected chi connectivity index (χ1v) is 6.01. The molecule has 0 heterocycles. The van der Waals surface area contributed by atoms with E-state index in [1.165, 1.54) is 19.1 Å². The van der Waals surface area contributed by atoms with Gasteiger partial charge in [-0.2, -0.15) is 0 Å². The Morgan fingerprint density at radius 3 is 2.70 bits per heavy atom. The van der Waals surface area contributed by atoms with E-state index in [1.807, 2.05) is 0 Å². The molecule has 0 saturated carbocycles. The largest absolute Gasteiger partial charge is 0.497 e. The lowest BCUT2D eigenvalue weighted by atomic mass is 10.2. The molecule has 1 aromatic carbocycles. The third-order valence-corrected chi connectivity index (χ3v) is 2.76. The number of hydrogen-bond acceptors (Lipinski definition) is 4. The first kappa shape index (κ1) is 15.8. The average Bonchev–Trinajstić information content (AvgIpc) is 2.45. The van der Waals surface area contributed by atoms with Gasteiger partial charge >= 0.3 is 12.0 Å². The molecule has 20 heavy (non-hydrogen) atoms. The Kier molecular flexibility index (Phi) is 5.79. The van der Waals surface area contributed by atoms with Crippen molar-refractivity contribution in [2.75, 3.05) is 25.7 Å². The summed E-state index contributed by atoms with van der Waals surface area (Å²) >= 11 is 0. The third kappa shape index (κ3) is 4.13. The van der Waals surface area contributed by atoms with Gasteiger partial charge in [-0.1, -0.05) is 6.07 Å². The van der Waals surface area contributed by atoms with Crippen molar-refractivity contribution in [3.05, 3.63) is 24.3 Å². The van der Waals surface area contributed by atoms with Crippen LogP contribution in [0.3, 0.4) is 0 Å². The zero-order chi connectivity index (χ0) is 15.1. The van der Waals surface area contributed by atoms with E-state index in [1.54, 1.807) is 24.3 Å². The molecule has 110 valence electrons. The van der Waals surface area contributed by atoms with Crippen LogP contribution < -0.4 is 15.0 Å². The highest BCUT2D eigenvalue weighted by molar-refractivity contribution is 5.94. The van der Waals surface area contributed by atoms with Crippen LogP contribution in [0, 0.1) is 0 Å². The average molecular weight is 282 g/mol. The lowest BCUT2D eigenvalue weighted by Crippen LogP contribution is -2.47. The number of rotatable bonds is 6. The molecule has 0 aromatic heterocycles. The monoisotopic (exact) mass is 282 g/mol. The maximum Gasteiger partial charge on any atom is 0.326 e. The van der Waals surface area contributed by atoms with E-state index in [-0.39, 0.29) is 13.0 Å². The molecule has 0 unspecified atom stereocenters. The highest BCUT2D eigenvalue weighted by atomic mass is 16.5. The smallest absolute Gasteiger partial charge is 0.326 e. The Hall–Kier alpha value is -2.28. The van der Waals surface area contributed by atoms with Crippen molar-refractivity contribution in [1.29, 1.82) is 0 Å². The second kappa shape index (κ2) is 7.34. The van der Waals surface area contributed by atoms with Crippen molar-refractivity contribution >= 4 is 17.7 Å². The molecule has 0 spiro atoms. The molecule has 1 atom stereocenters. The topological polar surface area (TPSA) is 99.1 Å². The summed E-state index contributed by atoms with van der Waals surface area (Å²) in [5.74, 6) is -0.598. The number of nitrogens with zero attached hydrogens (tertiary/aromatic N) is 1. The normalized spacial score (nSPS) is 11.6. The molecule has 1 rings (SSSR count). The highest BCUT2D eigenvalue weighted by Gasteiger charge is 2.21. The summed E-state index contributed by atoms with van der Waals surface area (Å²) in [7, 11) is 3.03. The summed E-state index contributed by atoms with van der Waals surface area (Å²) in [5, 5.41) is 20.0. The first-order valence-electron chi connectivity index (χ1n) is 6.01. The zero-order valence-electron chi connectivity index (χ0n) is 11.4. The summed E-state index contributed by atoms with van der Waals surface area (Å²) in [4.78, 5) is 24.2. The number of nitrogens with one attached hydrogen (secondary N) is 1. The Balaban J connectivity index is 2.77. The number of aliphatic carboxylic acids is 1. The van der Waals surface area contributed by atoms with Gasteiger partial charge in [0.25, 0.3) is 0 Å². The number of anilines is 1. The van der Waals surface area contributed by atoms with Crippen molar-refractivity contribution in [3.63, 3.8) is 0 Å². The number of carboxylic acids is 1. The minimum Gasteiger partial charge on any atom is -0.497 e. The number of aliphatic hydroxyl groups is 1. The second-order valence-corrected chi connectivity index (χ2v) is 4.11. The van der Waals surface area contributed by atoms with Gasteiger partial charge in [0.2, 0.25) is 0 Å². The molecule has 0 aliphatic rings. The van der Waals surface area contributed by atoms with Crippen LogP contribution in [0.25, 0.3) is 0 Å². The van der Waals surface area contributed by atoms with Gasteiger partial charge in [-0.05, 0) is 12.1 Å². The van der Waals surface area contributed by atoms with Crippen molar-refractivity contribution in [3.8, 4) is 5.75 Å². The number of carboxylic acid groups (broad SMARTS) is 1. The fourth-order valence-electron chi connectivity index (χ4n) is 1.57. The van der Waals surface area contributed by atoms with Crippen LogP contribution in [-0.4, -0.2) is 49.0 Å². The minimum absolute atomic E-state index is 0.0486. The standard InChI is InChI=1S/C13H18N2O5/c1-15(9-4-3-5-10(8-9)20-2)13(19)14-11(6-7-16)12(17)18/h3-5,8,11,16H,6-7H2,1-2H3,(H,14,19)(H,17,18)/t11-/m1/s1. The van der Waals surface area contributed by atoms with Crippen LogP contribution in [0.2, 0.25) is 0 Å². The Labute approximate surface area is 116 Å². The van der Waals surface area contributed by atoms with Gasteiger partial charge in [0, 0.05) is 31.8 Å². The SMILES string of the molecule is COc1cccc(N(C)C(=O)N[C@H](CCO)C(=O)O)c1. The van der Waals surface area contributed by atoms with Gasteiger partial charge in [0.1, 0.15) is 11.8 Å². The third-order valence-electron chi connectivity index (χ3n) is 2.76. The number of benzene rings is 1. The summed E-state index contributed by atoms with van der Waals surface area (Å²) in [6.45, 7) is -0.319. The summed E-state index contributed by atoms with van der Waals surface area (Å²) in [6.07, 6.45) is -0.0486. The number of carbonyl (C=O) groups excluding carboxylic acids is 1. The molecule has 0 radical (unpaired) electrons. The lowest BCUT2D eigenvalue weighted by Gasteiger charge is -2.21. The minimum atomic E-state index is -1.19. The molecular weight excluding hydrogens is 264 g/mol. The van der Waals surface area contributed by atoms with Crippen LogP contribution in [-0.2, 0) is 4.79 Å². The molecule has 0 fully saturated rings. The number of carbonyl (C=O) groups is 2. The number of hydrogen-bond donors (Lipinski definition) is 3. The van der Waals surface area contributed by atoms with Crippen molar-refractivity contribution in [1.82, 2.24) is 5.32 Å². The number of methoxy groups -OCH3 is 1. The zero-order valence-corrected chi connectivity index (χ0v) is 11.4. The quantitative estimate of drug-likeness (QED) is 0.712. The summed E-state index contributed by atoms with van der Waals surface area (Å²) < 4.78 is 5.06. The van der Waals surface area contributed by atoms with E-state index in [9.17, 15) is 9.59 Å². The lowest BCUT2D eigenvalue weighted by molar-refractivity contribution is -0.139. The first-order chi connectivity index (χ1) is 9.49. The molecule has 1 aromatic rings. The Bertz CT molecular complexity index is 478. The van der Waals surface area contributed by atoms with Gasteiger partial charge in [0.05, 0.1) is 7.11 Å². The fraction of sp³-hybridized carbons (Fsp3) is 0.385. The van der Waals surface area contributed by atoms with E-state index < -0.39 is 18.0 Å². The summed E-state index contributed by atoms with van der Waals surface area (Å²) in [6, 6.07) is 5.12. The Morgan fingerprint density at radius 1 is 1.45 bits per heavy atom. The van der Waals surface area contributed by atoms with Crippen LogP contribution in [0.5, 0.6) is 5.75 Å². The maximum atomic E-state index is 12.0. The number of amides is 2. The van der Waals surface area contributed by atoms with Crippen LogP contribution >= 0.6 is 0 Å². The summed E-state index contributed by atoms with van der Waals surface area (Å²) in [5.41, 5.74) is 0.565. The molecule has 0 saturated heterocycles. The number of ether oxygens (including phenoxy) is 1. The molecule has 7 heteroatoms. The van der Waals surface area contributed by atoms with Crippen LogP contribution in [0.4, 0.5) is 10.5 Å².